The van der Waals surface area contributed by atoms with E-state index in [0.717, 1.165) is 0 Å². The molecule has 8 unspecified atom stereocenters. The van der Waals surface area contributed by atoms with E-state index < -0.39 is 308 Å². The Hall–Kier alpha value is -14.3. The molecule has 15 amide bonds. The Bertz CT molecular complexity index is 4860. The molecule has 55 nitrogen and oxygen atoms in total. The van der Waals surface area contributed by atoms with Gasteiger partial charge in [-0.05, 0) is 147 Å². The summed E-state index contributed by atoms with van der Waals surface area (Å²) in [5.41, 5.74) is 27.6. The molecule has 150 heavy (non-hydrogen) atoms. The number of hydrogen-bond donors (Lipinski definition) is 34. The molecule has 838 valence electrons. The number of hydrogen-bond acceptors (Lipinski definition) is 31. The SMILES string of the molecule is CC(C)CC(NN)C(=O)N[C@@H](CC(=O)O)C(=O)NC(CC(N)=O)C(=O)N[C@@H](CCCNC(=N)N)C(=O)NC(CCCNC(=N)N)C(=O)N[C@@H](CCC(N)=O)C(=O)C(=O)[C@H](CCCNC(=N)N)NC1(C)CCCCCC/C=C\CCCC(C)(CN[C@@H](CC(=O)O)C(=O)N[C@H](C=O)Cc2cnc[nH]2)NC(=O)C(CC(C)C)NC(=O)[C@H]([C@@H](C)O)NC(=O)C(CC(C)C)NC(=O)[C@H](Cc2ccccc2)NC(=O)C(CO)NC(=O)[C@H](CO)NC1=O. The number of aromatic amines is 1. The molecule has 0 saturated carbocycles. The first-order valence-electron chi connectivity index (χ1n) is 50.0. The summed E-state index contributed by atoms with van der Waals surface area (Å²) in [7, 11) is 0. The van der Waals surface area contributed by atoms with E-state index in [-0.39, 0.29) is 109 Å². The Kier molecular flexibility index (Phi) is 58.5. The highest BCUT2D eigenvalue weighted by molar-refractivity contribution is 6.41. The molecule has 0 saturated heterocycles. The van der Waals surface area contributed by atoms with Crippen molar-refractivity contribution in [3.63, 3.8) is 0 Å². The normalized spacial score (nSPS) is 21.0. The molecule has 2 aromatic rings. The van der Waals surface area contributed by atoms with Crippen LogP contribution in [0.5, 0.6) is 0 Å². The maximum atomic E-state index is 15.5. The van der Waals surface area contributed by atoms with E-state index in [0.29, 0.717) is 56.1 Å². The van der Waals surface area contributed by atoms with Crippen molar-refractivity contribution < 1.29 is 121 Å². The number of benzene rings is 1. The number of H-pyrrole nitrogens is 1. The van der Waals surface area contributed by atoms with Crippen LogP contribution in [0.2, 0.25) is 0 Å². The number of carbonyl (C=O) groups is 20. The highest BCUT2D eigenvalue weighted by Gasteiger charge is 2.45. The first kappa shape index (κ1) is 130. The molecule has 0 radical (unpaired) electrons. The summed E-state index contributed by atoms with van der Waals surface area (Å²) in [5.74, 6) is -19.7. The van der Waals surface area contributed by atoms with Crippen LogP contribution in [0.25, 0.3) is 0 Å². The number of hydrazine groups is 1. The predicted octanol–water partition coefficient (Wildman–Crippen LogP) is -7.80. The van der Waals surface area contributed by atoms with E-state index in [2.05, 4.69) is 111 Å². The number of carbonyl (C=O) groups excluding carboxylic acids is 18. The number of rotatable bonds is 56. The van der Waals surface area contributed by atoms with Crippen molar-refractivity contribution in [1.29, 1.82) is 16.2 Å². The third-order valence-corrected chi connectivity index (χ3v) is 24.0. The molecule has 0 aliphatic carbocycles. The average molecular weight is 2120 g/mol. The third kappa shape index (κ3) is 50.1. The number of carboxylic acid groups (broad SMARTS) is 2. The lowest BCUT2D eigenvalue weighted by Gasteiger charge is -2.35. The molecule has 1 aliphatic heterocycles. The van der Waals surface area contributed by atoms with Crippen LogP contribution in [0.1, 0.15) is 221 Å². The molecule has 0 fully saturated rings. The zero-order valence-electron chi connectivity index (χ0n) is 86.5. The summed E-state index contributed by atoms with van der Waals surface area (Å²) in [6.07, 6.45) is 0.980. The third-order valence-electron chi connectivity index (χ3n) is 24.0. The number of carboxylic acids is 2. The smallest absolute Gasteiger partial charge is 0.305 e. The second kappa shape index (κ2) is 67.6. The van der Waals surface area contributed by atoms with Gasteiger partial charge in [-0.25, -0.2) is 10.4 Å². The van der Waals surface area contributed by atoms with Crippen molar-refractivity contribution in [1.82, 2.24) is 111 Å². The number of imidazole rings is 1. The topological polar surface area (TPSA) is 927 Å². The molecule has 18 atom stereocenters. The van der Waals surface area contributed by atoms with Crippen LogP contribution in [0.4, 0.5) is 0 Å². The lowest BCUT2D eigenvalue weighted by atomic mass is 9.88. The fraction of sp³-hybridized carbons (Fsp3) is 0.642. The molecular weight excluding hydrogens is 1960 g/mol. The summed E-state index contributed by atoms with van der Waals surface area (Å²) in [4.78, 5) is 290. The minimum absolute atomic E-state index is 0.0335. The van der Waals surface area contributed by atoms with Gasteiger partial charge in [0.15, 0.2) is 17.9 Å². The molecule has 55 heteroatoms. The molecule has 0 bridgehead atoms. The van der Waals surface area contributed by atoms with Crippen LogP contribution in [-0.2, 0) is 109 Å². The van der Waals surface area contributed by atoms with Gasteiger partial charge in [-0.15, -0.1) is 0 Å². The van der Waals surface area contributed by atoms with Crippen LogP contribution >= 0.6 is 0 Å². The minimum Gasteiger partial charge on any atom is -0.481 e. The number of primary amides is 2. The lowest BCUT2D eigenvalue weighted by molar-refractivity contribution is -0.142. The van der Waals surface area contributed by atoms with E-state index in [4.69, 9.17) is 50.7 Å². The van der Waals surface area contributed by atoms with Gasteiger partial charge in [0, 0.05) is 62.9 Å². The average Bonchev–Trinajstić information content (AvgIpc) is 0.812. The van der Waals surface area contributed by atoms with Gasteiger partial charge >= 0.3 is 11.9 Å². The second-order valence-electron chi connectivity index (χ2n) is 38.9. The van der Waals surface area contributed by atoms with Crippen LogP contribution in [0.15, 0.2) is 55.0 Å². The van der Waals surface area contributed by atoms with E-state index in [1.807, 2.05) is 12.2 Å². The monoisotopic (exact) mass is 2120 g/mol. The maximum absolute atomic E-state index is 15.5. The van der Waals surface area contributed by atoms with E-state index >= 15 is 19.2 Å². The Morgan fingerprint density at radius 3 is 1.43 bits per heavy atom. The van der Waals surface area contributed by atoms with E-state index in [1.165, 1.54) is 26.4 Å². The van der Waals surface area contributed by atoms with Gasteiger partial charge in [0.1, 0.15) is 66.7 Å². The van der Waals surface area contributed by atoms with Gasteiger partial charge in [0.25, 0.3) is 0 Å². The Morgan fingerprint density at radius 2 is 0.940 bits per heavy atom. The molecule has 2 heterocycles. The zero-order valence-corrected chi connectivity index (χ0v) is 86.5. The number of Topliss-reactive ketones (excluding diaryl/α,β-unsaturated/α-hetero) is 2. The summed E-state index contributed by atoms with van der Waals surface area (Å²) < 4.78 is 0. The van der Waals surface area contributed by atoms with Gasteiger partial charge in [0.05, 0.1) is 80.7 Å². The highest BCUT2D eigenvalue weighted by Crippen LogP contribution is 2.24. The molecule has 40 N–H and O–H groups in total. The van der Waals surface area contributed by atoms with E-state index in [9.17, 15) is 102 Å². The van der Waals surface area contributed by atoms with Crippen molar-refractivity contribution in [3.8, 4) is 0 Å². The second-order valence-corrected chi connectivity index (χ2v) is 38.9. The number of aliphatic carboxylic acids is 2. The Labute approximate surface area is 869 Å². The fourth-order valence-corrected chi connectivity index (χ4v) is 16.1. The van der Waals surface area contributed by atoms with E-state index in [1.54, 1.807) is 78.8 Å². The predicted molar refractivity (Wildman–Crippen MR) is 546 cm³/mol. The van der Waals surface area contributed by atoms with Crippen molar-refractivity contribution in [2.75, 3.05) is 39.4 Å². The molecule has 0 spiro atoms. The van der Waals surface area contributed by atoms with Crippen LogP contribution in [0.3, 0.4) is 0 Å². The number of aliphatic hydroxyl groups is 3. The number of aliphatic hydroxyl groups excluding tert-OH is 3. The van der Waals surface area contributed by atoms with Crippen molar-refractivity contribution >= 4 is 136 Å². The number of allylic oxidation sites excluding steroid dienone is 2. The first-order valence-corrected chi connectivity index (χ1v) is 50.0. The van der Waals surface area contributed by atoms with Crippen molar-refractivity contribution in [3.05, 3.63) is 66.3 Å². The number of aldehydes is 1. The quantitative estimate of drug-likeness (QED) is 0.00427. The van der Waals surface area contributed by atoms with Gasteiger partial charge in [0.2, 0.25) is 100 Å². The van der Waals surface area contributed by atoms with Gasteiger partial charge in [-0.2, -0.15) is 0 Å². The largest absolute Gasteiger partial charge is 0.481 e. The molecule has 1 aromatic heterocycles. The maximum Gasteiger partial charge on any atom is 0.305 e. The number of nitrogens with one attached hydrogen (secondary N) is 23. The number of nitrogens with two attached hydrogens (primary N) is 6. The number of ketones is 2. The summed E-state index contributed by atoms with van der Waals surface area (Å²) >= 11 is 0. The van der Waals surface area contributed by atoms with Crippen LogP contribution in [0, 0.1) is 34.0 Å². The zero-order chi connectivity index (χ0) is 113. The molecule has 1 aliphatic rings. The summed E-state index contributed by atoms with van der Waals surface area (Å²) in [6, 6.07) is -17.8. The van der Waals surface area contributed by atoms with Crippen molar-refractivity contribution in [2.45, 2.75) is 331 Å². The fourth-order valence-electron chi connectivity index (χ4n) is 16.1. The number of amides is 15. The standard InChI is InChI=1S/C95H158N30O25/c1-51(2)37-63-84(144)122-75(54(7)129)89(149)119-64(38-52(3)4)88(148)124-94(8,49-109-62(43-73(132)133)80(140)111-57(46-126)41-56-45-105-50-110-56)32-20-15-13-11-10-12-14-16-21-33-95(9,90(150)121-70(48-128)87(147)120-69(47-127)86(146)116-65(81(141)115-63)40-55-25-18-17-19-26-55)123-59(27-22-34-106-91(98)99)77(137)76(136)58(30-31-71(96)130)112-78(138)60(28-23-35-107-92(100)101)113-79(139)61(29-24-36-108-93(102)103)114-82(142)66(42-72(97)131)117-83(143)67(44-74(134)135)118-85(145)68(125-104)39-53(5)6/h11,13,17-19,25-26,45-46,50-54,57-70,75,109,123,125,127-129H,10,12,14-16,20-24,27-44,47-49,104H2,1-9H3,(H2,96,130)(H2,97,131)(H,105,110)(H,111,140)(H,112,138)(H,113,139)(H,114,142)(H,115,141)(H,116,146)(H,117,143)(H,118,145)(H,119,149)(H,120,147)(H,121,150)(H,122,144)(H,124,148)(H,132,133)(H,134,135)(H4,98,99,106)(H4,100,101,107)(H4,102,103,108)/b13-11-/t54-,57+,58+,59+,60?,61+,62+,63?,64?,65+,66?,67+,68?,69?,70+,75+,94?,95?/m1/s1. The van der Waals surface area contributed by atoms with Gasteiger partial charge < -0.3 is 154 Å². The van der Waals surface area contributed by atoms with Crippen LogP contribution in [-0.4, -0.2) is 319 Å². The molecule has 1 aromatic carbocycles. The van der Waals surface area contributed by atoms with Crippen LogP contribution < -0.4 is 136 Å². The number of aromatic nitrogens is 2. The number of nitrogens with zero attached hydrogens (tertiary/aromatic N) is 1. The van der Waals surface area contributed by atoms with Gasteiger partial charge in [-0.1, -0.05) is 103 Å². The molecular formula is C95H158N30O25. The van der Waals surface area contributed by atoms with Gasteiger partial charge in [-0.3, -0.25) is 118 Å². The Morgan fingerprint density at radius 1 is 0.493 bits per heavy atom. The lowest BCUT2D eigenvalue weighted by Crippen LogP contribution is -2.65. The number of guanidine groups is 3. The summed E-state index contributed by atoms with van der Waals surface area (Å²) in [6.45, 7) is 11.2. The van der Waals surface area contributed by atoms with Crippen molar-refractivity contribution in [2.24, 2.45) is 52.3 Å². The highest BCUT2D eigenvalue weighted by atomic mass is 16.4. The minimum atomic E-state index is -2.16. The Balaban J connectivity index is 2.34. The summed E-state index contributed by atoms with van der Waals surface area (Å²) in [5, 5.41) is 122. The molecule has 3 rings (SSSR count). The first-order chi connectivity index (χ1) is 70.7.